The first-order valence-electron chi connectivity index (χ1n) is 4.74. The highest BCUT2D eigenvalue weighted by Gasteiger charge is 2.14. The van der Waals surface area contributed by atoms with Crippen LogP contribution in [0, 0.1) is 0 Å². The molecule has 0 spiro atoms. The molecule has 2 heteroatoms. The third-order valence-electron chi connectivity index (χ3n) is 2.60. The van der Waals surface area contributed by atoms with Crippen LogP contribution in [0.25, 0.3) is 0 Å². The van der Waals surface area contributed by atoms with Crippen LogP contribution < -0.4 is 9.47 Å². The largest absolute Gasteiger partial charge is 0.496 e. The number of fused-ring (bicyclic) bond motifs is 1. The first-order chi connectivity index (χ1) is 6.86. The summed E-state index contributed by atoms with van der Waals surface area (Å²) in [6.07, 6.45) is 6.22. The van der Waals surface area contributed by atoms with E-state index in [9.17, 15) is 0 Å². The highest BCUT2D eigenvalue weighted by Crippen LogP contribution is 2.33. The van der Waals surface area contributed by atoms with Crippen molar-refractivity contribution in [1.82, 2.24) is 0 Å². The molecule has 1 aliphatic rings. The summed E-state index contributed by atoms with van der Waals surface area (Å²) in [5.41, 5.74) is 2.52. The van der Waals surface area contributed by atoms with Gasteiger partial charge in [-0.3, -0.25) is 0 Å². The Balaban J connectivity index is 2.53. The Hall–Kier alpha value is -1.44. The third-order valence-corrected chi connectivity index (χ3v) is 2.60. The second-order valence-electron chi connectivity index (χ2n) is 3.31. The lowest BCUT2D eigenvalue weighted by atomic mass is 9.95. The predicted octanol–water partition coefficient (Wildman–Crippen LogP) is 2.36. The second kappa shape index (κ2) is 3.74. The van der Waals surface area contributed by atoms with E-state index in [1.54, 1.807) is 14.2 Å². The summed E-state index contributed by atoms with van der Waals surface area (Å²) in [5.74, 6) is 1.93. The van der Waals surface area contributed by atoms with Gasteiger partial charge in [0.2, 0.25) is 0 Å². The number of hydrogen-bond donors (Lipinski definition) is 0. The molecule has 0 radical (unpaired) electrons. The molecule has 2 nitrogen and oxygen atoms in total. The van der Waals surface area contributed by atoms with E-state index in [1.807, 2.05) is 12.1 Å². The van der Waals surface area contributed by atoms with Crippen molar-refractivity contribution in [3.05, 3.63) is 35.4 Å². The Morgan fingerprint density at radius 2 is 1.29 bits per heavy atom. The van der Waals surface area contributed by atoms with E-state index in [2.05, 4.69) is 12.2 Å². The maximum atomic E-state index is 5.32. The van der Waals surface area contributed by atoms with E-state index in [0.29, 0.717) is 0 Å². The van der Waals surface area contributed by atoms with Crippen molar-refractivity contribution in [2.75, 3.05) is 14.2 Å². The van der Waals surface area contributed by atoms with Gasteiger partial charge in [0, 0.05) is 11.1 Å². The van der Waals surface area contributed by atoms with Crippen molar-refractivity contribution in [1.29, 1.82) is 0 Å². The molecule has 0 aliphatic heterocycles. The van der Waals surface area contributed by atoms with E-state index >= 15 is 0 Å². The molecule has 0 saturated carbocycles. The lowest BCUT2D eigenvalue weighted by molar-refractivity contribution is 0.395. The van der Waals surface area contributed by atoms with Gasteiger partial charge in [0.05, 0.1) is 14.2 Å². The molecular weight excluding hydrogens is 176 g/mol. The first kappa shape index (κ1) is 9.13. The zero-order chi connectivity index (χ0) is 9.97. The van der Waals surface area contributed by atoms with E-state index in [0.717, 1.165) is 24.3 Å². The van der Waals surface area contributed by atoms with Crippen LogP contribution in [0.4, 0.5) is 0 Å². The summed E-state index contributed by atoms with van der Waals surface area (Å²) >= 11 is 0. The van der Waals surface area contributed by atoms with Crippen LogP contribution in [-0.2, 0) is 12.8 Å². The van der Waals surface area contributed by atoms with E-state index in [4.69, 9.17) is 9.47 Å². The van der Waals surface area contributed by atoms with Crippen LogP contribution in [-0.4, -0.2) is 14.2 Å². The maximum Gasteiger partial charge on any atom is 0.122 e. The van der Waals surface area contributed by atoms with Crippen LogP contribution >= 0.6 is 0 Å². The highest BCUT2D eigenvalue weighted by atomic mass is 16.5. The monoisotopic (exact) mass is 190 g/mol. The molecule has 0 saturated heterocycles. The minimum Gasteiger partial charge on any atom is -0.496 e. The van der Waals surface area contributed by atoms with E-state index in [1.165, 1.54) is 11.1 Å². The van der Waals surface area contributed by atoms with Crippen LogP contribution in [0.1, 0.15) is 11.1 Å². The Morgan fingerprint density at radius 1 is 0.857 bits per heavy atom. The molecule has 1 aromatic rings. The molecule has 0 amide bonds. The van der Waals surface area contributed by atoms with Crippen LogP contribution in [0.5, 0.6) is 11.5 Å². The van der Waals surface area contributed by atoms with Gasteiger partial charge < -0.3 is 9.47 Å². The van der Waals surface area contributed by atoms with Gasteiger partial charge >= 0.3 is 0 Å². The average Bonchev–Trinajstić information content (AvgIpc) is 2.27. The molecule has 0 N–H and O–H groups in total. The number of ether oxygens (including phenoxy) is 2. The highest BCUT2D eigenvalue weighted by molar-refractivity contribution is 5.51. The van der Waals surface area contributed by atoms with Gasteiger partial charge in [-0.2, -0.15) is 0 Å². The predicted molar refractivity (Wildman–Crippen MR) is 56.1 cm³/mol. The molecule has 1 aromatic carbocycles. The minimum absolute atomic E-state index is 0.940. The number of methoxy groups -OCH3 is 2. The normalized spacial score (nSPS) is 13.6. The summed E-state index contributed by atoms with van der Waals surface area (Å²) < 4.78 is 10.6. The van der Waals surface area contributed by atoms with Crippen molar-refractivity contribution in [3.63, 3.8) is 0 Å². The third kappa shape index (κ3) is 1.37. The molecule has 2 rings (SSSR count). The van der Waals surface area contributed by atoms with Gasteiger partial charge in [0.1, 0.15) is 11.5 Å². The molecule has 0 heterocycles. The number of allylic oxidation sites excluding steroid dienone is 2. The number of rotatable bonds is 2. The summed E-state index contributed by atoms with van der Waals surface area (Å²) in [7, 11) is 3.42. The summed E-state index contributed by atoms with van der Waals surface area (Å²) in [6, 6.07) is 3.94. The van der Waals surface area contributed by atoms with Crippen molar-refractivity contribution in [2.45, 2.75) is 12.8 Å². The summed E-state index contributed by atoms with van der Waals surface area (Å²) in [4.78, 5) is 0. The number of benzene rings is 1. The van der Waals surface area contributed by atoms with Gasteiger partial charge in [-0.05, 0) is 25.0 Å². The maximum absolute atomic E-state index is 5.32. The fraction of sp³-hybridized carbons (Fsp3) is 0.333. The molecule has 0 bridgehead atoms. The first-order valence-corrected chi connectivity index (χ1v) is 4.74. The Labute approximate surface area is 84.2 Å². The van der Waals surface area contributed by atoms with Crippen LogP contribution in [0.3, 0.4) is 0 Å². The van der Waals surface area contributed by atoms with E-state index in [-0.39, 0.29) is 0 Å². The standard InChI is InChI=1S/C12H14O2/c1-13-11-7-8-12(14-2)10-6-4-3-5-9(10)11/h3-4,7-8H,5-6H2,1-2H3. The smallest absolute Gasteiger partial charge is 0.122 e. The average molecular weight is 190 g/mol. The van der Waals surface area contributed by atoms with Crippen molar-refractivity contribution < 1.29 is 9.47 Å². The Bertz CT molecular complexity index is 332. The molecule has 0 aromatic heterocycles. The Kier molecular flexibility index (Phi) is 2.44. The minimum atomic E-state index is 0.940. The fourth-order valence-corrected chi connectivity index (χ4v) is 1.88. The second-order valence-corrected chi connectivity index (χ2v) is 3.31. The van der Waals surface area contributed by atoms with E-state index < -0.39 is 0 Å². The zero-order valence-electron chi connectivity index (χ0n) is 8.54. The van der Waals surface area contributed by atoms with Gasteiger partial charge in [0.25, 0.3) is 0 Å². The Morgan fingerprint density at radius 3 is 1.64 bits per heavy atom. The van der Waals surface area contributed by atoms with Gasteiger partial charge in [-0.25, -0.2) is 0 Å². The van der Waals surface area contributed by atoms with Crippen molar-refractivity contribution in [2.24, 2.45) is 0 Å². The van der Waals surface area contributed by atoms with Crippen LogP contribution in [0.15, 0.2) is 24.3 Å². The zero-order valence-corrected chi connectivity index (χ0v) is 8.54. The molecular formula is C12H14O2. The fourth-order valence-electron chi connectivity index (χ4n) is 1.88. The van der Waals surface area contributed by atoms with Crippen molar-refractivity contribution >= 4 is 0 Å². The van der Waals surface area contributed by atoms with Gasteiger partial charge in [-0.15, -0.1) is 0 Å². The summed E-state index contributed by atoms with van der Waals surface area (Å²) in [6.45, 7) is 0. The lowest BCUT2D eigenvalue weighted by Gasteiger charge is -2.17. The number of hydrogen-bond acceptors (Lipinski definition) is 2. The molecule has 14 heavy (non-hydrogen) atoms. The quantitative estimate of drug-likeness (QED) is 0.666. The van der Waals surface area contributed by atoms with Crippen LogP contribution in [0.2, 0.25) is 0 Å². The molecule has 0 atom stereocenters. The van der Waals surface area contributed by atoms with Gasteiger partial charge in [-0.1, -0.05) is 12.2 Å². The van der Waals surface area contributed by atoms with Crippen molar-refractivity contribution in [3.8, 4) is 11.5 Å². The lowest BCUT2D eigenvalue weighted by Crippen LogP contribution is -2.03. The molecule has 0 fully saturated rings. The topological polar surface area (TPSA) is 18.5 Å². The molecule has 74 valence electrons. The van der Waals surface area contributed by atoms with Gasteiger partial charge in [0.15, 0.2) is 0 Å². The molecule has 1 aliphatic carbocycles. The SMILES string of the molecule is COc1ccc(OC)c2c1CC=CC2. The molecule has 0 unspecified atom stereocenters. The summed E-state index contributed by atoms with van der Waals surface area (Å²) in [5, 5.41) is 0.